The topological polar surface area (TPSA) is 4.93 Å². The molecule has 0 radical (unpaired) electrons. The first kappa shape index (κ1) is 47.3. The van der Waals surface area contributed by atoms with E-state index in [1.54, 1.807) is 0 Å². The Kier molecular flexibility index (Phi) is 12.0. The Balaban J connectivity index is 1.49. The molecule has 0 saturated heterocycles. The Labute approximate surface area is 415 Å². The normalized spacial score (nSPS) is 12.3. The molecule has 0 unspecified atom stereocenters. The molecular formula is C57H61B10N. The maximum absolute atomic E-state index is 2.66. The third kappa shape index (κ3) is 7.46. The summed E-state index contributed by atoms with van der Waals surface area (Å²) in [6, 6.07) is 53.3. The van der Waals surface area contributed by atoms with Gasteiger partial charge in [0.15, 0.2) is 0 Å². The number of nitrogens with zero attached hydrogens (tertiary/aromatic N) is 1. The van der Waals surface area contributed by atoms with E-state index in [2.05, 4.69) is 264 Å². The lowest BCUT2D eigenvalue weighted by atomic mass is 9.59. The van der Waals surface area contributed by atoms with Crippen molar-refractivity contribution in [1.82, 2.24) is 4.57 Å². The van der Waals surface area contributed by atoms with Gasteiger partial charge < -0.3 is 4.57 Å². The molecule has 0 amide bonds. The number of aromatic nitrogens is 1. The Morgan fingerprint density at radius 1 is 0.309 bits per heavy atom. The van der Waals surface area contributed by atoms with E-state index >= 15 is 0 Å². The van der Waals surface area contributed by atoms with Crippen molar-refractivity contribution in [3.05, 3.63) is 173 Å². The Morgan fingerprint density at radius 3 is 0.926 bits per heavy atom. The van der Waals surface area contributed by atoms with E-state index in [9.17, 15) is 0 Å². The molecule has 0 fully saturated rings. The summed E-state index contributed by atoms with van der Waals surface area (Å²) in [5, 5.41) is 2.54. The van der Waals surface area contributed by atoms with Gasteiger partial charge in [-0.3, -0.25) is 0 Å². The smallest absolute Gasteiger partial charge is 0.139 e. The second-order valence-electron chi connectivity index (χ2n) is 21.7. The minimum Gasteiger partial charge on any atom is -0.309 e. The van der Waals surface area contributed by atoms with Gasteiger partial charge in [0.1, 0.15) is 78.5 Å². The summed E-state index contributed by atoms with van der Waals surface area (Å²) in [7, 11) is 23.0. The van der Waals surface area contributed by atoms with Crippen molar-refractivity contribution in [3.8, 4) is 27.9 Å². The van der Waals surface area contributed by atoms with Crippen molar-refractivity contribution >= 4 is 155 Å². The van der Waals surface area contributed by atoms with Crippen molar-refractivity contribution in [2.45, 2.75) is 57.8 Å². The van der Waals surface area contributed by atoms with E-state index < -0.39 is 0 Å². The Hall–Kier alpha value is -5.79. The molecule has 0 atom stereocenters. The van der Waals surface area contributed by atoms with Gasteiger partial charge >= 0.3 is 0 Å². The molecule has 0 bridgehead atoms. The Morgan fingerprint density at radius 2 is 0.603 bits per heavy atom. The van der Waals surface area contributed by atoms with Crippen LogP contribution in [-0.2, 0) is 16.2 Å². The van der Waals surface area contributed by atoms with Gasteiger partial charge in [-0.1, -0.05) is 179 Å². The quantitative estimate of drug-likeness (QED) is 0.144. The van der Waals surface area contributed by atoms with Crippen molar-refractivity contribution in [3.63, 3.8) is 0 Å². The third-order valence-electron chi connectivity index (χ3n) is 17.2. The van der Waals surface area contributed by atoms with Gasteiger partial charge in [0.05, 0.1) is 16.7 Å². The van der Waals surface area contributed by atoms with Crippen LogP contribution in [0, 0.1) is 0 Å². The number of benzene rings is 8. The fourth-order valence-corrected chi connectivity index (χ4v) is 11.7. The molecule has 1 heterocycles. The van der Waals surface area contributed by atoms with Crippen LogP contribution < -0.4 is 54.6 Å². The summed E-state index contributed by atoms with van der Waals surface area (Å²) in [5.74, 6) is 0. The van der Waals surface area contributed by atoms with E-state index in [-0.39, 0.29) is 16.2 Å². The van der Waals surface area contributed by atoms with E-state index in [4.69, 9.17) is 0 Å². The van der Waals surface area contributed by atoms with E-state index in [0.717, 1.165) is 0 Å². The molecule has 9 rings (SSSR count). The fourth-order valence-electron chi connectivity index (χ4n) is 11.7. The zero-order chi connectivity index (χ0) is 48.8. The second-order valence-corrected chi connectivity index (χ2v) is 21.7. The molecule has 1 nitrogen and oxygen atoms in total. The second kappa shape index (κ2) is 17.3. The van der Waals surface area contributed by atoms with Crippen LogP contribution in [0.1, 0.15) is 74.9 Å². The number of hydrogen-bond donors (Lipinski definition) is 0. The average Bonchev–Trinajstić information content (AvgIpc) is 3.67. The van der Waals surface area contributed by atoms with E-state index in [0.29, 0.717) is 0 Å². The van der Waals surface area contributed by atoms with Gasteiger partial charge in [-0.05, 0) is 79.9 Å². The highest BCUT2D eigenvalue weighted by molar-refractivity contribution is 6.70. The number of fused-ring (bicyclic) bond motifs is 3. The first-order valence-corrected chi connectivity index (χ1v) is 24.8. The largest absolute Gasteiger partial charge is 0.309 e. The van der Waals surface area contributed by atoms with Gasteiger partial charge in [-0.25, -0.2) is 0 Å². The summed E-state index contributed by atoms with van der Waals surface area (Å²) in [4.78, 5) is 0. The van der Waals surface area contributed by atoms with Crippen molar-refractivity contribution in [1.29, 1.82) is 0 Å². The third-order valence-corrected chi connectivity index (χ3v) is 17.2. The van der Waals surface area contributed by atoms with Crippen LogP contribution in [0.15, 0.2) is 140 Å². The molecule has 0 spiro atoms. The molecule has 8 aromatic carbocycles. The molecule has 0 aliphatic carbocycles. The number of hydrogen-bond acceptors (Lipinski definition) is 0. The zero-order valence-corrected chi connectivity index (χ0v) is 43.7. The molecule has 11 heteroatoms. The van der Waals surface area contributed by atoms with Crippen LogP contribution in [-0.4, -0.2) is 83.0 Å². The monoisotopic (exact) mass is 870 g/mol. The summed E-state index contributed by atoms with van der Waals surface area (Å²) in [5.41, 5.74) is 29.4. The lowest BCUT2D eigenvalue weighted by Crippen LogP contribution is -2.55. The Bertz CT molecular complexity index is 3210. The first-order chi connectivity index (χ1) is 32.2. The highest BCUT2D eigenvalue weighted by atomic mass is 15.0. The van der Waals surface area contributed by atoms with E-state index in [1.165, 1.54) is 138 Å². The molecule has 0 aliphatic rings. The van der Waals surface area contributed by atoms with Crippen LogP contribution in [0.4, 0.5) is 0 Å². The zero-order valence-electron chi connectivity index (χ0n) is 43.7. The maximum Gasteiger partial charge on any atom is 0.139 e. The highest BCUT2D eigenvalue weighted by Gasteiger charge is 2.38. The molecule has 1 aromatic heterocycles. The van der Waals surface area contributed by atoms with Crippen LogP contribution in [0.5, 0.6) is 0 Å². The molecule has 0 aliphatic heterocycles. The SMILES string of the molecule is Bc1c(B)c(B)c(-c2ccc3c(c2)c2cc(-c4c(B)c(B)c(B)c(B)c4B)ccc2n3-c2c(C(C)(C)c3ccccc3)cc(C(C)(C)c3ccccc3)cc2C(C)(C)c2ccccc2)c(B)c1B. The average molecular weight is 868 g/mol. The fraction of sp³-hybridized carbons (Fsp3) is 0.158. The lowest BCUT2D eigenvalue weighted by molar-refractivity contribution is 0.591. The summed E-state index contributed by atoms with van der Waals surface area (Å²) in [6.07, 6.45) is 0. The summed E-state index contributed by atoms with van der Waals surface area (Å²) in [6.45, 7) is 14.5. The lowest BCUT2D eigenvalue weighted by Gasteiger charge is -2.38. The van der Waals surface area contributed by atoms with Crippen molar-refractivity contribution < 1.29 is 0 Å². The molecule has 0 N–H and O–H groups in total. The standard InChI is InChI=1S/C57H61B10N/c1-55(2,32-16-10-7-11-17-32)35-28-38(56(3,4)33-18-12-8-13-19-33)54(39(29-35)57(5,6)34-20-14-9-15-21-34)68-40-24-22-30(42-44(58)48(62)52(66)49(63)45(42)59)26-36(40)37-27-31(23-25-41(37)68)43-46(60)50(64)53(67)51(65)47(43)61/h7-29H,58-67H2,1-6H3. The van der Waals surface area contributed by atoms with Crippen LogP contribution in [0.3, 0.4) is 0 Å². The van der Waals surface area contributed by atoms with Crippen LogP contribution >= 0.6 is 0 Å². The van der Waals surface area contributed by atoms with Crippen LogP contribution in [0.25, 0.3) is 49.7 Å². The summed E-state index contributed by atoms with van der Waals surface area (Å²) >= 11 is 0. The predicted octanol–water partition coefficient (Wildman–Crippen LogP) is -2.32. The van der Waals surface area contributed by atoms with Gasteiger partial charge in [0, 0.05) is 27.0 Å². The van der Waals surface area contributed by atoms with E-state index in [1.807, 2.05) is 0 Å². The predicted molar refractivity (Wildman–Crippen MR) is 329 cm³/mol. The molecule has 324 valence electrons. The maximum atomic E-state index is 2.66. The van der Waals surface area contributed by atoms with Gasteiger partial charge in [0.25, 0.3) is 0 Å². The van der Waals surface area contributed by atoms with Gasteiger partial charge in [-0.15, -0.1) is 32.8 Å². The molecule has 68 heavy (non-hydrogen) atoms. The minimum atomic E-state index is -0.389. The first-order valence-electron chi connectivity index (χ1n) is 24.8. The molecular weight excluding hydrogens is 807 g/mol. The summed E-state index contributed by atoms with van der Waals surface area (Å²) < 4.78 is 2.66. The minimum absolute atomic E-state index is 0.284. The van der Waals surface area contributed by atoms with Gasteiger partial charge in [0.2, 0.25) is 0 Å². The van der Waals surface area contributed by atoms with Crippen molar-refractivity contribution in [2.75, 3.05) is 0 Å². The highest BCUT2D eigenvalue weighted by Crippen LogP contribution is 2.48. The van der Waals surface area contributed by atoms with Crippen LogP contribution in [0.2, 0.25) is 0 Å². The molecule has 9 aromatic rings. The van der Waals surface area contributed by atoms with Crippen molar-refractivity contribution in [2.24, 2.45) is 0 Å². The molecule has 0 saturated carbocycles. The number of rotatable bonds is 9. The van der Waals surface area contributed by atoms with Gasteiger partial charge in [-0.2, -0.15) is 0 Å².